The van der Waals surface area contributed by atoms with Crippen molar-refractivity contribution in [2.24, 2.45) is 0 Å². The van der Waals surface area contributed by atoms with E-state index in [1.165, 1.54) is 18.1 Å². The van der Waals surface area contributed by atoms with Gasteiger partial charge in [0.1, 0.15) is 11.5 Å². The van der Waals surface area contributed by atoms with E-state index in [9.17, 15) is 14.7 Å². The fourth-order valence-electron chi connectivity index (χ4n) is 3.53. The summed E-state index contributed by atoms with van der Waals surface area (Å²) in [7, 11) is 3.05. The number of ketones is 1. The van der Waals surface area contributed by atoms with Crippen LogP contribution in [0.25, 0.3) is 5.76 Å². The number of halogens is 2. The molecule has 2 aromatic carbocycles. The van der Waals surface area contributed by atoms with Crippen molar-refractivity contribution < 1.29 is 24.2 Å². The van der Waals surface area contributed by atoms with Crippen molar-refractivity contribution in [1.82, 2.24) is 4.90 Å². The third kappa shape index (κ3) is 4.03. The Morgan fingerprint density at radius 2 is 1.87 bits per heavy atom. The van der Waals surface area contributed by atoms with E-state index in [2.05, 4.69) is 0 Å². The maximum absolute atomic E-state index is 12.9. The minimum atomic E-state index is -0.868. The van der Waals surface area contributed by atoms with Gasteiger partial charge in [-0.3, -0.25) is 9.59 Å². The van der Waals surface area contributed by atoms with Crippen LogP contribution in [0.2, 0.25) is 10.0 Å². The fourth-order valence-corrected chi connectivity index (χ4v) is 4.04. The van der Waals surface area contributed by atoms with E-state index in [1.807, 2.05) is 6.92 Å². The minimum absolute atomic E-state index is 0.0371. The zero-order chi connectivity index (χ0) is 22.0. The van der Waals surface area contributed by atoms with Crippen molar-refractivity contribution in [3.63, 3.8) is 0 Å². The van der Waals surface area contributed by atoms with Crippen LogP contribution < -0.4 is 4.74 Å². The van der Waals surface area contributed by atoms with Crippen molar-refractivity contribution in [3.05, 3.63) is 68.7 Å². The molecule has 0 spiro atoms. The quantitative estimate of drug-likeness (QED) is 0.402. The average Bonchev–Trinajstić information content (AvgIpc) is 2.96. The summed E-state index contributed by atoms with van der Waals surface area (Å²) in [5.74, 6) is -1.15. The number of nitrogens with zero attached hydrogens (tertiary/aromatic N) is 1. The van der Waals surface area contributed by atoms with Crippen LogP contribution in [0.3, 0.4) is 0 Å². The number of carbonyl (C=O) groups is 2. The second-order valence-electron chi connectivity index (χ2n) is 6.84. The van der Waals surface area contributed by atoms with E-state index in [0.29, 0.717) is 21.9 Å². The van der Waals surface area contributed by atoms with Gasteiger partial charge in [-0.05, 0) is 48.4 Å². The zero-order valence-corrected chi connectivity index (χ0v) is 18.3. The predicted molar refractivity (Wildman–Crippen MR) is 115 cm³/mol. The van der Waals surface area contributed by atoms with Gasteiger partial charge in [-0.1, -0.05) is 29.3 Å². The number of amides is 1. The number of rotatable bonds is 6. The molecule has 0 bridgehead atoms. The Morgan fingerprint density at radius 3 is 2.47 bits per heavy atom. The summed E-state index contributed by atoms with van der Waals surface area (Å²) in [5.41, 5.74) is 1.62. The van der Waals surface area contributed by atoms with E-state index in [1.54, 1.807) is 37.4 Å². The Bertz CT molecular complexity index is 1030. The van der Waals surface area contributed by atoms with Crippen molar-refractivity contribution in [3.8, 4) is 5.75 Å². The lowest BCUT2D eigenvalue weighted by atomic mass is 9.94. The maximum atomic E-state index is 12.9. The van der Waals surface area contributed by atoms with Crippen LogP contribution in [0.5, 0.6) is 5.75 Å². The van der Waals surface area contributed by atoms with E-state index in [-0.39, 0.29) is 29.5 Å². The highest BCUT2D eigenvalue weighted by Crippen LogP contribution is 2.42. The smallest absolute Gasteiger partial charge is 0.295 e. The Hall–Kier alpha value is -2.54. The molecule has 6 nitrogen and oxygen atoms in total. The Labute approximate surface area is 184 Å². The molecule has 1 heterocycles. The monoisotopic (exact) mass is 449 g/mol. The summed E-state index contributed by atoms with van der Waals surface area (Å²) in [6.45, 7) is 2.19. The van der Waals surface area contributed by atoms with Crippen molar-refractivity contribution >= 4 is 40.7 Å². The number of aliphatic hydroxyl groups is 1. The van der Waals surface area contributed by atoms with Gasteiger partial charge in [0.15, 0.2) is 0 Å². The summed E-state index contributed by atoms with van der Waals surface area (Å²) in [6, 6.07) is 8.95. The summed E-state index contributed by atoms with van der Waals surface area (Å²) in [5, 5.41) is 11.8. The van der Waals surface area contributed by atoms with Crippen LogP contribution in [-0.4, -0.2) is 49.1 Å². The van der Waals surface area contributed by atoms with Gasteiger partial charge >= 0.3 is 0 Å². The third-order valence-corrected chi connectivity index (χ3v) is 5.56. The van der Waals surface area contributed by atoms with E-state index in [4.69, 9.17) is 32.7 Å². The summed E-state index contributed by atoms with van der Waals surface area (Å²) in [6.07, 6.45) is 0. The van der Waals surface area contributed by atoms with Crippen molar-refractivity contribution in [1.29, 1.82) is 0 Å². The summed E-state index contributed by atoms with van der Waals surface area (Å²) in [4.78, 5) is 27.0. The number of benzene rings is 2. The van der Waals surface area contributed by atoms with E-state index < -0.39 is 17.7 Å². The molecule has 1 fully saturated rings. The number of hydrogen-bond donors (Lipinski definition) is 1. The van der Waals surface area contributed by atoms with Gasteiger partial charge in [0.05, 0.1) is 25.3 Å². The Balaban J connectivity index is 2.20. The second-order valence-corrected chi connectivity index (χ2v) is 7.68. The van der Waals surface area contributed by atoms with Crippen LogP contribution in [-0.2, 0) is 14.3 Å². The number of methoxy groups -OCH3 is 2. The third-order valence-electron chi connectivity index (χ3n) is 5.00. The molecular formula is C22H21Cl2NO5. The number of aliphatic hydroxyl groups excluding tert-OH is 1. The molecule has 1 unspecified atom stereocenters. The Kier molecular flexibility index (Phi) is 6.71. The van der Waals surface area contributed by atoms with Crippen molar-refractivity contribution in [2.45, 2.75) is 13.0 Å². The van der Waals surface area contributed by atoms with Crippen LogP contribution in [0, 0.1) is 6.92 Å². The molecule has 8 heteroatoms. The molecule has 1 atom stereocenters. The van der Waals surface area contributed by atoms with Crippen LogP contribution >= 0.6 is 23.2 Å². The fraction of sp³-hybridized carbons (Fsp3) is 0.273. The van der Waals surface area contributed by atoms with Gasteiger partial charge in [-0.25, -0.2) is 0 Å². The molecule has 2 aromatic rings. The number of aryl methyl sites for hydroxylation is 1. The molecule has 158 valence electrons. The molecular weight excluding hydrogens is 429 g/mol. The van der Waals surface area contributed by atoms with Crippen LogP contribution in [0.4, 0.5) is 0 Å². The first kappa shape index (κ1) is 22.2. The first-order chi connectivity index (χ1) is 14.3. The molecule has 0 saturated carbocycles. The highest BCUT2D eigenvalue weighted by atomic mass is 35.5. The molecule has 1 aliphatic rings. The number of hydrogen-bond acceptors (Lipinski definition) is 5. The van der Waals surface area contributed by atoms with Gasteiger partial charge in [0, 0.05) is 29.3 Å². The highest BCUT2D eigenvalue weighted by molar-refractivity contribution is 6.47. The lowest BCUT2D eigenvalue weighted by Crippen LogP contribution is -2.32. The first-order valence-electron chi connectivity index (χ1n) is 9.17. The second kappa shape index (κ2) is 9.08. The number of carbonyl (C=O) groups excluding carboxylic acids is 2. The SMILES string of the molecule is COCCN1C(=O)C(=O)/C(=C(\O)c2ccc(OC)c(C)c2)C1c1ccc(Cl)cc1Cl. The lowest BCUT2D eigenvalue weighted by molar-refractivity contribution is -0.140. The highest BCUT2D eigenvalue weighted by Gasteiger charge is 2.46. The molecule has 1 aliphatic heterocycles. The van der Waals surface area contributed by atoms with Gasteiger partial charge in [-0.15, -0.1) is 0 Å². The Morgan fingerprint density at radius 1 is 1.13 bits per heavy atom. The topological polar surface area (TPSA) is 76.1 Å². The normalized spacial score (nSPS) is 18.2. The zero-order valence-electron chi connectivity index (χ0n) is 16.7. The molecule has 0 aromatic heterocycles. The number of Topliss-reactive ketones (excluding diaryl/α,β-unsaturated/α-hetero) is 1. The lowest BCUT2D eigenvalue weighted by Gasteiger charge is -2.26. The van der Waals surface area contributed by atoms with Crippen LogP contribution in [0.1, 0.15) is 22.7 Å². The molecule has 30 heavy (non-hydrogen) atoms. The van der Waals surface area contributed by atoms with Gasteiger partial charge in [0.2, 0.25) is 0 Å². The molecule has 1 N–H and O–H groups in total. The molecule has 0 radical (unpaired) electrons. The largest absolute Gasteiger partial charge is 0.507 e. The molecule has 0 aliphatic carbocycles. The van der Waals surface area contributed by atoms with Gasteiger partial charge in [-0.2, -0.15) is 0 Å². The average molecular weight is 450 g/mol. The van der Waals surface area contributed by atoms with Gasteiger partial charge in [0.25, 0.3) is 11.7 Å². The number of likely N-dealkylation sites (tertiary alicyclic amines) is 1. The van der Waals surface area contributed by atoms with E-state index in [0.717, 1.165) is 5.56 Å². The molecule has 1 amide bonds. The number of ether oxygens (including phenoxy) is 2. The summed E-state index contributed by atoms with van der Waals surface area (Å²) >= 11 is 12.4. The standard InChI is InChI=1S/C22H21Cl2NO5/c1-12-10-13(4-7-17(12)30-3)20(26)18-19(15-6-5-14(23)11-16(15)24)25(8-9-29-2)22(28)21(18)27/h4-7,10-11,19,26H,8-9H2,1-3H3/b20-18-. The maximum Gasteiger partial charge on any atom is 0.295 e. The summed E-state index contributed by atoms with van der Waals surface area (Å²) < 4.78 is 10.3. The first-order valence-corrected chi connectivity index (χ1v) is 9.93. The molecule has 3 rings (SSSR count). The van der Waals surface area contributed by atoms with Crippen LogP contribution in [0.15, 0.2) is 42.0 Å². The predicted octanol–water partition coefficient (Wildman–Crippen LogP) is 4.38. The van der Waals surface area contributed by atoms with E-state index >= 15 is 0 Å². The minimum Gasteiger partial charge on any atom is -0.507 e. The molecule has 1 saturated heterocycles. The van der Waals surface area contributed by atoms with Crippen molar-refractivity contribution in [2.75, 3.05) is 27.4 Å². The van der Waals surface area contributed by atoms with Gasteiger partial charge < -0.3 is 19.5 Å².